The summed E-state index contributed by atoms with van der Waals surface area (Å²) in [5.41, 5.74) is 0. The summed E-state index contributed by atoms with van der Waals surface area (Å²) in [7, 11) is 0. The number of aryl methyl sites for hydroxylation is 1. The number of nitriles is 1. The SMILES string of the molecule is CCn1cnnc1[C@@H]1CN(Cc2ccc(C#N)s2)CCO1. The van der Waals surface area contributed by atoms with Gasteiger partial charge in [0.25, 0.3) is 0 Å². The summed E-state index contributed by atoms with van der Waals surface area (Å²) in [5.74, 6) is 0.895. The van der Waals surface area contributed by atoms with E-state index in [0.717, 1.165) is 36.9 Å². The lowest BCUT2D eigenvalue weighted by molar-refractivity contribution is -0.0385. The first-order chi connectivity index (χ1) is 10.3. The molecule has 7 heteroatoms. The van der Waals surface area contributed by atoms with Crippen LogP contribution in [0.15, 0.2) is 18.5 Å². The maximum atomic E-state index is 8.89. The fourth-order valence-electron chi connectivity index (χ4n) is 2.50. The molecule has 0 bridgehead atoms. The lowest BCUT2D eigenvalue weighted by atomic mass is 10.2. The largest absolute Gasteiger partial charge is 0.368 e. The first-order valence-electron chi connectivity index (χ1n) is 7.00. The molecule has 0 aromatic carbocycles. The van der Waals surface area contributed by atoms with Crippen molar-refractivity contribution < 1.29 is 4.74 Å². The van der Waals surface area contributed by atoms with E-state index in [1.807, 2.05) is 16.7 Å². The summed E-state index contributed by atoms with van der Waals surface area (Å²) < 4.78 is 7.87. The molecule has 1 saturated heterocycles. The van der Waals surface area contributed by atoms with Crippen LogP contribution in [0.1, 0.15) is 28.6 Å². The van der Waals surface area contributed by atoms with Crippen LogP contribution < -0.4 is 0 Å². The van der Waals surface area contributed by atoms with Crippen molar-refractivity contribution in [3.05, 3.63) is 34.0 Å². The van der Waals surface area contributed by atoms with Gasteiger partial charge in [0.2, 0.25) is 0 Å². The van der Waals surface area contributed by atoms with Crippen LogP contribution in [0.2, 0.25) is 0 Å². The number of rotatable bonds is 4. The van der Waals surface area contributed by atoms with Crippen LogP contribution in [-0.4, -0.2) is 39.4 Å². The van der Waals surface area contributed by atoms with E-state index in [1.165, 1.54) is 4.88 Å². The van der Waals surface area contributed by atoms with Gasteiger partial charge < -0.3 is 9.30 Å². The van der Waals surface area contributed by atoms with E-state index in [9.17, 15) is 0 Å². The second kappa shape index (κ2) is 6.35. The lowest BCUT2D eigenvalue weighted by Gasteiger charge is -2.32. The molecular formula is C14H17N5OS. The summed E-state index contributed by atoms with van der Waals surface area (Å²) in [4.78, 5) is 4.32. The minimum Gasteiger partial charge on any atom is -0.368 e. The summed E-state index contributed by atoms with van der Waals surface area (Å²) in [6.45, 7) is 6.17. The Labute approximate surface area is 127 Å². The minimum atomic E-state index is -0.0309. The van der Waals surface area contributed by atoms with Crippen molar-refractivity contribution in [1.82, 2.24) is 19.7 Å². The van der Waals surface area contributed by atoms with Crippen LogP contribution in [0.3, 0.4) is 0 Å². The number of nitrogens with zero attached hydrogens (tertiary/aromatic N) is 5. The molecule has 1 aliphatic rings. The molecule has 1 aliphatic heterocycles. The Morgan fingerprint density at radius 1 is 1.52 bits per heavy atom. The fraction of sp³-hybridized carbons (Fsp3) is 0.500. The third-order valence-electron chi connectivity index (χ3n) is 3.58. The van der Waals surface area contributed by atoms with Gasteiger partial charge in [-0.3, -0.25) is 4.90 Å². The maximum absolute atomic E-state index is 8.89. The zero-order valence-electron chi connectivity index (χ0n) is 11.9. The first kappa shape index (κ1) is 14.2. The van der Waals surface area contributed by atoms with E-state index in [1.54, 1.807) is 17.7 Å². The molecule has 3 rings (SSSR count). The van der Waals surface area contributed by atoms with Crippen molar-refractivity contribution in [3.8, 4) is 6.07 Å². The van der Waals surface area contributed by atoms with Crippen LogP contribution in [0.4, 0.5) is 0 Å². The van der Waals surface area contributed by atoms with Gasteiger partial charge in [0.15, 0.2) is 5.82 Å². The van der Waals surface area contributed by atoms with E-state index in [-0.39, 0.29) is 6.10 Å². The van der Waals surface area contributed by atoms with Gasteiger partial charge in [-0.05, 0) is 19.1 Å². The summed E-state index contributed by atoms with van der Waals surface area (Å²) in [6, 6.07) is 6.10. The van der Waals surface area contributed by atoms with Crippen molar-refractivity contribution in [3.63, 3.8) is 0 Å². The highest BCUT2D eigenvalue weighted by atomic mass is 32.1. The Kier molecular flexibility index (Phi) is 4.29. The standard InChI is InChI=1S/C14H17N5OS/c1-2-19-10-16-17-14(19)13-9-18(5-6-20-13)8-12-4-3-11(7-15)21-12/h3-4,10,13H,2,5-6,8-9H2,1H3/t13-/m0/s1. The Hall–Kier alpha value is -1.75. The number of morpholine rings is 1. The first-order valence-corrected chi connectivity index (χ1v) is 7.82. The summed E-state index contributed by atoms with van der Waals surface area (Å²) in [6.07, 6.45) is 1.72. The van der Waals surface area contributed by atoms with E-state index in [0.29, 0.717) is 6.61 Å². The van der Waals surface area contributed by atoms with Crippen LogP contribution >= 0.6 is 11.3 Å². The molecular weight excluding hydrogens is 286 g/mol. The predicted octanol–water partition coefficient (Wildman–Crippen LogP) is 1.80. The average molecular weight is 303 g/mol. The van der Waals surface area contributed by atoms with Gasteiger partial charge in [0, 0.05) is 31.1 Å². The molecule has 0 spiro atoms. The van der Waals surface area contributed by atoms with Crippen molar-refractivity contribution in [2.24, 2.45) is 0 Å². The molecule has 2 aromatic heterocycles. The molecule has 0 saturated carbocycles. The normalized spacial score (nSPS) is 19.5. The Morgan fingerprint density at radius 2 is 2.43 bits per heavy atom. The van der Waals surface area contributed by atoms with Crippen molar-refractivity contribution in [1.29, 1.82) is 5.26 Å². The van der Waals surface area contributed by atoms with Gasteiger partial charge >= 0.3 is 0 Å². The molecule has 21 heavy (non-hydrogen) atoms. The Morgan fingerprint density at radius 3 is 3.19 bits per heavy atom. The van der Waals surface area contributed by atoms with Gasteiger partial charge in [-0.1, -0.05) is 0 Å². The zero-order chi connectivity index (χ0) is 14.7. The highest BCUT2D eigenvalue weighted by Crippen LogP contribution is 2.23. The number of ether oxygens (including phenoxy) is 1. The minimum absolute atomic E-state index is 0.0309. The summed E-state index contributed by atoms with van der Waals surface area (Å²) >= 11 is 1.56. The van der Waals surface area contributed by atoms with Gasteiger partial charge in [0.05, 0.1) is 6.61 Å². The smallest absolute Gasteiger partial charge is 0.163 e. The third-order valence-corrected chi connectivity index (χ3v) is 4.55. The monoisotopic (exact) mass is 303 g/mol. The average Bonchev–Trinajstić information content (AvgIpc) is 3.15. The number of thiophene rings is 1. The van der Waals surface area contributed by atoms with E-state index >= 15 is 0 Å². The zero-order valence-corrected chi connectivity index (χ0v) is 12.7. The van der Waals surface area contributed by atoms with E-state index in [4.69, 9.17) is 10.00 Å². The number of hydrogen-bond acceptors (Lipinski definition) is 6. The molecule has 1 atom stereocenters. The van der Waals surface area contributed by atoms with Crippen molar-refractivity contribution >= 4 is 11.3 Å². The second-order valence-corrected chi connectivity index (χ2v) is 6.12. The van der Waals surface area contributed by atoms with Crippen molar-refractivity contribution in [2.75, 3.05) is 19.7 Å². The quantitative estimate of drug-likeness (QED) is 0.861. The van der Waals surface area contributed by atoms with E-state index in [2.05, 4.69) is 28.1 Å². The molecule has 110 valence electrons. The highest BCUT2D eigenvalue weighted by Gasteiger charge is 2.26. The van der Waals surface area contributed by atoms with Gasteiger partial charge in [-0.15, -0.1) is 21.5 Å². The third kappa shape index (κ3) is 3.13. The fourth-order valence-corrected chi connectivity index (χ4v) is 3.35. The predicted molar refractivity (Wildman–Crippen MR) is 78.7 cm³/mol. The highest BCUT2D eigenvalue weighted by molar-refractivity contribution is 7.12. The molecule has 0 unspecified atom stereocenters. The van der Waals surface area contributed by atoms with Crippen LogP contribution in [-0.2, 0) is 17.8 Å². The van der Waals surface area contributed by atoms with Crippen molar-refractivity contribution in [2.45, 2.75) is 26.1 Å². The van der Waals surface area contributed by atoms with E-state index < -0.39 is 0 Å². The lowest BCUT2D eigenvalue weighted by Crippen LogP contribution is -2.38. The molecule has 0 aliphatic carbocycles. The van der Waals surface area contributed by atoms with Gasteiger partial charge in [0.1, 0.15) is 23.4 Å². The van der Waals surface area contributed by atoms with Crippen LogP contribution in [0, 0.1) is 11.3 Å². The Balaban J connectivity index is 1.67. The van der Waals surface area contributed by atoms with Crippen LogP contribution in [0.25, 0.3) is 0 Å². The molecule has 1 fully saturated rings. The maximum Gasteiger partial charge on any atom is 0.163 e. The molecule has 0 radical (unpaired) electrons. The molecule has 3 heterocycles. The second-order valence-electron chi connectivity index (χ2n) is 4.95. The summed E-state index contributed by atoms with van der Waals surface area (Å²) in [5, 5.41) is 17.1. The van der Waals surface area contributed by atoms with Gasteiger partial charge in [-0.25, -0.2) is 0 Å². The number of hydrogen-bond donors (Lipinski definition) is 0. The molecule has 0 N–H and O–H groups in total. The topological polar surface area (TPSA) is 67.0 Å². The number of aromatic nitrogens is 3. The Bertz CT molecular complexity index is 644. The van der Waals surface area contributed by atoms with Crippen LogP contribution in [0.5, 0.6) is 0 Å². The molecule has 6 nitrogen and oxygen atoms in total. The molecule has 2 aromatic rings. The molecule has 0 amide bonds. The van der Waals surface area contributed by atoms with Gasteiger partial charge in [-0.2, -0.15) is 5.26 Å².